The molecule has 0 radical (unpaired) electrons. The zero-order valence-corrected chi connectivity index (χ0v) is 12.0. The van der Waals surface area contributed by atoms with Crippen molar-refractivity contribution in [3.8, 4) is 0 Å². The van der Waals surface area contributed by atoms with E-state index in [1.807, 2.05) is 0 Å². The molecule has 0 spiro atoms. The average Bonchev–Trinajstić information content (AvgIpc) is 2.41. The summed E-state index contributed by atoms with van der Waals surface area (Å²) in [5, 5.41) is 10.8. The van der Waals surface area contributed by atoms with Crippen molar-refractivity contribution < 1.29 is 4.92 Å². The van der Waals surface area contributed by atoms with Gasteiger partial charge in [-0.1, -0.05) is 12.1 Å². The van der Waals surface area contributed by atoms with Crippen molar-refractivity contribution in [3.63, 3.8) is 0 Å². The highest BCUT2D eigenvalue weighted by Gasteiger charge is 2.15. The summed E-state index contributed by atoms with van der Waals surface area (Å²) in [6.45, 7) is 0.0805. The standard InChI is InChI=1S/C12H10BrN3O4/c1-14-5-6-15(12(18)11(14)17)7-8-3-2-4-9(10(8)13)16(19)20/h2-6H,7H2,1H3. The number of hydrogen-bond acceptors (Lipinski definition) is 4. The van der Waals surface area contributed by atoms with Crippen LogP contribution in [0.2, 0.25) is 0 Å². The van der Waals surface area contributed by atoms with Gasteiger partial charge in [0.25, 0.3) is 5.69 Å². The van der Waals surface area contributed by atoms with Gasteiger partial charge in [0.05, 0.1) is 11.5 Å². The molecule has 0 saturated carbocycles. The van der Waals surface area contributed by atoms with Gasteiger partial charge in [0.15, 0.2) is 0 Å². The Morgan fingerprint density at radius 1 is 1.25 bits per heavy atom. The van der Waals surface area contributed by atoms with Crippen LogP contribution >= 0.6 is 15.9 Å². The third-order valence-corrected chi connectivity index (χ3v) is 3.75. The maximum atomic E-state index is 11.8. The van der Waals surface area contributed by atoms with Crippen LogP contribution in [-0.2, 0) is 13.6 Å². The first-order valence-corrected chi connectivity index (χ1v) is 6.39. The van der Waals surface area contributed by atoms with E-state index >= 15 is 0 Å². The van der Waals surface area contributed by atoms with E-state index in [4.69, 9.17) is 0 Å². The molecule has 20 heavy (non-hydrogen) atoms. The minimum absolute atomic E-state index is 0.0805. The zero-order valence-electron chi connectivity index (χ0n) is 10.4. The number of benzene rings is 1. The highest BCUT2D eigenvalue weighted by atomic mass is 79.9. The van der Waals surface area contributed by atoms with Gasteiger partial charge in [0, 0.05) is 25.5 Å². The topological polar surface area (TPSA) is 87.1 Å². The second-order valence-electron chi connectivity index (χ2n) is 4.15. The molecule has 2 aromatic rings. The van der Waals surface area contributed by atoms with Gasteiger partial charge in [0.1, 0.15) is 4.47 Å². The van der Waals surface area contributed by atoms with Gasteiger partial charge in [-0.2, -0.15) is 0 Å². The molecule has 0 aliphatic rings. The van der Waals surface area contributed by atoms with Gasteiger partial charge < -0.3 is 9.13 Å². The Labute approximate surface area is 121 Å². The van der Waals surface area contributed by atoms with Crippen molar-refractivity contribution in [1.82, 2.24) is 9.13 Å². The first kappa shape index (κ1) is 14.2. The Bertz CT molecular complexity index is 794. The van der Waals surface area contributed by atoms with Gasteiger partial charge in [-0.15, -0.1) is 0 Å². The molecule has 0 atom stereocenters. The molecule has 0 amide bonds. The lowest BCUT2D eigenvalue weighted by Crippen LogP contribution is -2.39. The lowest BCUT2D eigenvalue weighted by atomic mass is 10.2. The number of halogens is 1. The summed E-state index contributed by atoms with van der Waals surface area (Å²) in [6.07, 6.45) is 2.93. The molecule has 0 aliphatic carbocycles. The number of aryl methyl sites for hydroxylation is 1. The molecule has 0 fully saturated rings. The molecule has 0 unspecified atom stereocenters. The highest BCUT2D eigenvalue weighted by molar-refractivity contribution is 9.10. The summed E-state index contributed by atoms with van der Waals surface area (Å²) in [7, 11) is 1.48. The molecule has 0 aliphatic heterocycles. The highest BCUT2D eigenvalue weighted by Crippen LogP contribution is 2.28. The van der Waals surface area contributed by atoms with Crippen molar-refractivity contribution in [2.45, 2.75) is 6.54 Å². The van der Waals surface area contributed by atoms with Crippen LogP contribution in [0, 0.1) is 10.1 Å². The molecule has 7 nitrogen and oxygen atoms in total. The second-order valence-corrected chi connectivity index (χ2v) is 4.95. The predicted molar refractivity (Wildman–Crippen MR) is 75.8 cm³/mol. The third-order valence-electron chi connectivity index (χ3n) is 2.83. The number of nitrogens with zero attached hydrogens (tertiary/aromatic N) is 3. The zero-order chi connectivity index (χ0) is 14.9. The summed E-state index contributed by atoms with van der Waals surface area (Å²) in [5.41, 5.74) is -0.851. The van der Waals surface area contributed by atoms with E-state index in [9.17, 15) is 19.7 Å². The van der Waals surface area contributed by atoms with Crippen LogP contribution in [0.5, 0.6) is 0 Å². The fourth-order valence-corrected chi connectivity index (χ4v) is 2.26. The summed E-state index contributed by atoms with van der Waals surface area (Å²) in [4.78, 5) is 33.7. The Kier molecular flexibility index (Phi) is 3.84. The van der Waals surface area contributed by atoms with E-state index in [1.54, 1.807) is 6.07 Å². The van der Waals surface area contributed by atoms with Crippen molar-refractivity contribution in [1.29, 1.82) is 0 Å². The number of aromatic nitrogens is 2. The van der Waals surface area contributed by atoms with Crippen LogP contribution in [0.1, 0.15) is 5.56 Å². The molecule has 0 saturated heterocycles. The van der Waals surface area contributed by atoms with Crippen LogP contribution in [0.4, 0.5) is 5.69 Å². The molecule has 0 N–H and O–H groups in total. The molecule has 2 rings (SSSR count). The maximum absolute atomic E-state index is 11.8. The Balaban J connectivity index is 2.49. The SMILES string of the molecule is Cn1ccn(Cc2cccc([N+](=O)[O-])c2Br)c(=O)c1=O. The molecular formula is C12H10BrN3O4. The first-order chi connectivity index (χ1) is 9.41. The van der Waals surface area contributed by atoms with E-state index in [1.165, 1.54) is 40.7 Å². The molecule has 0 bridgehead atoms. The van der Waals surface area contributed by atoms with Gasteiger partial charge in [0.2, 0.25) is 0 Å². The molecule has 1 heterocycles. The molecule has 1 aromatic carbocycles. The van der Waals surface area contributed by atoms with Crippen molar-refractivity contribution in [3.05, 3.63) is 71.5 Å². The van der Waals surface area contributed by atoms with Crippen LogP contribution in [-0.4, -0.2) is 14.1 Å². The van der Waals surface area contributed by atoms with Gasteiger partial charge in [-0.3, -0.25) is 19.7 Å². The monoisotopic (exact) mass is 339 g/mol. The fourth-order valence-electron chi connectivity index (χ4n) is 1.73. The number of rotatable bonds is 3. The molecule has 1 aromatic heterocycles. The fraction of sp³-hybridized carbons (Fsp3) is 0.167. The van der Waals surface area contributed by atoms with Crippen molar-refractivity contribution in [2.24, 2.45) is 7.05 Å². The van der Waals surface area contributed by atoms with Crippen LogP contribution in [0.15, 0.2) is 44.7 Å². The minimum atomic E-state index is -0.673. The Morgan fingerprint density at radius 2 is 1.95 bits per heavy atom. The molecular weight excluding hydrogens is 330 g/mol. The summed E-state index contributed by atoms with van der Waals surface area (Å²) in [5.74, 6) is 0. The van der Waals surface area contributed by atoms with Crippen molar-refractivity contribution in [2.75, 3.05) is 0 Å². The van der Waals surface area contributed by atoms with Crippen molar-refractivity contribution >= 4 is 21.6 Å². The second kappa shape index (κ2) is 5.41. The smallest absolute Gasteiger partial charge is 0.312 e. The molecule has 104 valence electrons. The Hall–Kier alpha value is -2.22. The van der Waals surface area contributed by atoms with E-state index < -0.39 is 16.0 Å². The van der Waals surface area contributed by atoms with Crippen LogP contribution in [0.25, 0.3) is 0 Å². The largest absolute Gasteiger partial charge is 0.316 e. The minimum Gasteiger partial charge on any atom is -0.312 e. The average molecular weight is 340 g/mol. The van der Waals surface area contributed by atoms with E-state index in [0.717, 1.165) is 0 Å². The van der Waals surface area contributed by atoms with E-state index in [2.05, 4.69) is 15.9 Å². The number of nitro groups is 1. The summed E-state index contributed by atoms with van der Waals surface area (Å²) >= 11 is 3.16. The number of hydrogen-bond donors (Lipinski definition) is 0. The van der Waals surface area contributed by atoms with E-state index in [-0.39, 0.29) is 12.2 Å². The third kappa shape index (κ3) is 2.55. The predicted octanol–water partition coefficient (Wildman–Crippen LogP) is 1.27. The summed E-state index contributed by atoms with van der Waals surface area (Å²) < 4.78 is 2.70. The normalized spacial score (nSPS) is 10.5. The van der Waals surface area contributed by atoms with E-state index in [0.29, 0.717) is 10.0 Å². The van der Waals surface area contributed by atoms with Crippen LogP contribution in [0.3, 0.4) is 0 Å². The van der Waals surface area contributed by atoms with Gasteiger partial charge in [-0.25, -0.2) is 0 Å². The maximum Gasteiger partial charge on any atom is 0.316 e. The molecule has 8 heteroatoms. The van der Waals surface area contributed by atoms with Gasteiger partial charge in [-0.05, 0) is 21.5 Å². The lowest BCUT2D eigenvalue weighted by molar-refractivity contribution is -0.385. The quantitative estimate of drug-likeness (QED) is 0.478. The lowest BCUT2D eigenvalue weighted by Gasteiger charge is -2.08. The summed E-state index contributed by atoms with van der Waals surface area (Å²) in [6, 6.07) is 4.55. The van der Waals surface area contributed by atoms with Crippen LogP contribution < -0.4 is 11.1 Å². The van der Waals surface area contributed by atoms with Gasteiger partial charge >= 0.3 is 11.1 Å². The first-order valence-electron chi connectivity index (χ1n) is 5.59. The Morgan fingerprint density at radius 3 is 2.60 bits per heavy atom. The number of nitro benzene ring substituents is 1.